The topological polar surface area (TPSA) is 0 Å². The van der Waals surface area contributed by atoms with E-state index in [4.69, 9.17) is 0 Å². The van der Waals surface area contributed by atoms with Crippen LogP contribution < -0.4 is 0 Å². The predicted octanol–water partition coefficient (Wildman–Crippen LogP) is 6.92. The molecule has 0 aromatic rings. The van der Waals surface area contributed by atoms with Crippen LogP contribution in [0.15, 0.2) is 0 Å². The van der Waals surface area contributed by atoms with Gasteiger partial charge in [0, 0.05) is 0 Å². The Hall–Kier alpha value is 0.430. The average Bonchev–Trinajstić information content (AvgIpc) is 2.62. The van der Waals surface area contributed by atoms with Crippen molar-refractivity contribution in [2.75, 3.05) is 0 Å². The normalized spacial score (nSPS) is 39.7. The standard InChI is InChI=1S/C20H39P/c1-14-15(2)18(20(6,7)8)21(17(14)19(3,4)5)16-12-10-9-11-13-16/h14-18H,9-13H2,1-8H3. The summed E-state index contributed by atoms with van der Waals surface area (Å²) < 4.78 is 0. The first-order chi connectivity index (χ1) is 9.55. The maximum atomic E-state index is 2.57. The van der Waals surface area contributed by atoms with Gasteiger partial charge in [-0.3, -0.25) is 0 Å². The third-order valence-corrected chi connectivity index (χ3v) is 11.4. The van der Waals surface area contributed by atoms with Gasteiger partial charge in [-0.2, -0.15) is 0 Å². The summed E-state index contributed by atoms with van der Waals surface area (Å²) in [6, 6.07) is 0. The van der Waals surface area contributed by atoms with Crippen molar-refractivity contribution < 1.29 is 0 Å². The summed E-state index contributed by atoms with van der Waals surface area (Å²) in [6.45, 7) is 20.3. The molecule has 0 bridgehead atoms. The SMILES string of the molecule is CC1C(C)C(C(C)(C)C)P(C2CCCCC2)C1C(C)(C)C. The summed E-state index contributed by atoms with van der Waals surface area (Å²) in [5, 5.41) is 0. The lowest BCUT2D eigenvalue weighted by atomic mass is 9.74. The van der Waals surface area contributed by atoms with Crippen LogP contribution in [0.2, 0.25) is 0 Å². The Kier molecular flexibility index (Phi) is 5.20. The highest BCUT2D eigenvalue weighted by Crippen LogP contribution is 2.72. The second kappa shape index (κ2) is 6.14. The molecule has 0 radical (unpaired) electrons. The zero-order valence-electron chi connectivity index (χ0n) is 15.9. The molecule has 1 saturated carbocycles. The minimum Gasteiger partial charge on any atom is -0.0955 e. The van der Waals surface area contributed by atoms with Gasteiger partial charge in [-0.15, -0.1) is 0 Å². The molecule has 1 saturated heterocycles. The van der Waals surface area contributed by atoms with Crippen molar-refractivity contribution in [1.82, 2.24) is 0 Å². The molecule has 2 fully saturated rings. The van der Waals surface area contributed by atoms with Gasteiger partial charge in [0.05, 0.1) is 0 Å². The van der Waals surface area contributed by atoms with E-state index in [-0.39, 0.29) is 7.92 Å². The molecular formula is C20H39P. The molecule has 2 rings (SSSR count). The molecule has 1 heterocycles. The van der Waals surface area contributed by atoms with Crippen molar-refractivity contribution >= 4 is 7.92 Å². The van der Waals surface area contributed by atoms with Gasteiger partial charge in [0.1, 0.15) is 0 Å². The van der Waals surface area contributed by atoms with E-state index in [1.165, 1.54) is 32.1 Å². The summed E-state index contributed by atoms with van der Waals surface area (Å²) in [5.41, 5.74) is 3.97. The zero-order valence-corrected chi connectivity index (χ0v) is 16.8. The minimum atomic E-state index is 0.155. The Morgan fingerprint density at radius 3 is 1.38 bits per heavy atom. The van der Waals surface area contributed by atoms with Crippen molar-refractivity contribution in [3.63, 3.8) is 0 Å². The average molecular weight is 311 g/mol. The van der Waals surface area contributed by atoms with Gasteiger partial charge in [0.2, 0.25) is 0 Å². The number of hydrogen-bond acceptors (Lipinski definition) is 0. The molecule has 2 aliphatic rings. The molecule has 4 unspecified atom stereocenters. The minimum absolute atomic E-state index is 0.155. The van der Waals surface area contributed by atoms with Crippen molar-refractivity contribution in [2.45, 2.75) is 104 Å². The van der Waals surface area contributed by atoms with Gasteiger partial charge < -0.3 is 0 Å². The molecule has 21 heavy (non-hydrogen) atoms. The highest BCUT2D eigenvalue weighted by atomic mass is 31.1. The van der Waals surface area contributed by atoms with E-state index in [0.29, 0.717) is 10.8 Å². The van der Waals surface area contributed by atoms with Crippen LogP contribution in [0.1, 0.15) is 87.5 Å². The Morgan fingerprint density at radius 1 is 0.667 bits per heavy atom. The predicted molar refractivity (Wildman–Crippen MR) is 98.6 cm³/mol. The largest absolute Gasteiger partial charge is 0.0955 e. The fourth-order valence-corrected chi connectivity index (χ4v) is 11.2. The lowest BCUT2D eigenvalue weighted by molar-refractivity contribution is 0.243. The van der Waals surface area contributed by atoms with Gasteiger partial charge in [0.15, 0.2) is 0 Å². The Labute approximate surface area is 135 Å². The maximum Gasteiger partial charge on any atom is -0.0127 e. The van der Waals surface area contributed by atoms with E-state index in [1.54, 1.807) is 0 Å². The van der Waals surface area contributed by atoms with E-state index < -0.39 is 0 Å². The first kappa shape index (κ1) is 17.8. The molecule has 0 N–H and O–H groups in total. The lowest BCUT2D eigenvalue weighted by Gasteiger charge is -2.45. The lowest BCUT2D eigenvalue weighted by Crippen LogP contribution is -2.33. The zero-order chi connectivity index (χ0) is 16.0. The van der Waals surface area contributed by atoms with Crippen molar-refractivity contribution in [2.24, 2.45) is 22.7 Å². The monoisotopic (exact) mass is 310 g/mol. The van der Waals surface area contributed by atoms with Crippen molar-refractivity contribution in [3.05, 3.63) is 0 Å². The number of hydrogen-bond donors (Lipinski definition) is 0. The third kappa shape index (κ3) is 3.52. The van der Waals surface area contributed by atoms with E-state index in [2.05, 4.69) is 55.4 Å². The molecular weight excluding hydrogens is 271 g/mol. The van der Waals surface area contributed by atoms with Crippen LogP contribution in [0.4, 0.5) is 0 Å². The van der Waals surface area contributed by atoms with Crippen LogP contribution in [-0.4, -0.2) is 17.0 Å². The molecule has 1 aliphatic heterocycles. The van der Waals surface area contributed by atoms with Gasteiger partial charge in [-0.1, -0.05) is 82.6 Å². The molecule has 124 valence electrons. The highest BCUT2D eigenvalue weighted by Gasteiger charge is 2.55. The summed E-state index contributed by atoms with van der Waals surface area (Å²) in [6.07, 6.45) is 7.56. The van der Waals surface area contributed by atoms with Gasteiger partial charge in [-0.25, -0.2) is 0 Å². The Morgan fingerprint density at radius 2 is 1.05 bits per heavy atom. The fourth-order valence-electron chi connectivity index (χ4n) is 5.60. The van der Waals surface area contributed by atoms with Crippen LogP contribution in [0.25, 0.3) is 0 Å². The molecule has 0 amide bonds. The molecule has 1 heteroatoms. The summed E-state index contributed by atoms with van der Waals surface area (Å²) in [7, 11) is 0.155. The second-order valence-electron chi connectivity index (χ2n) is 10.1. The summed E-state index contributed by atoms with van der Waals surface area (Å²) in [4.78, 5) is 0. The summed E-state index contributed by atoms with van der Waals surface area (Å²) in [5.74, 6) is 1.81. The molecule has 0 aromatic heterocycles. The summed E-state index contributed by atoms with van der Waals surface area (Å²) >= 11 is 0. The highest BCUT2D eigenvalue weighted by molar-refractivity contribution is 7.60. The van der Waals surface area contributed by atoms with Crippen LogP contribution in [0, 0.1) is 22.7 Å². The second-order valence-corrected chi connectivity index (χ2v) is 12.8. The number of rotatable bonds is 1. The van der Waals surface area contributed by atoms with E-state index in [1.807, 2.05) is 0 Å². The molecule has 0 spiro atoms. The van der Waals surface area contributed by atoms with E-state index in [9.17, 15) is 0 Å². The Bertz CT molecular complexity index is 314. The van der Waals surface area contributed by atoms with Crippen LogP contribution >= 0.6 is 7.92 Å². The van der Waals surface area contributed by atoms with Crippen LogP contribution in [0.3, 0.4) is 0 Å². The molecule has 1 aliphatic carbocycles. The van der Waals surface area contributed by atoms with Crippen LogP contribution in [0.5, 0.6) is 0 Å². The van der Waals surface area contributed by atoms with E-state index >= 15 is 0 Å². The first-order valence-corrected chi connectivity index (χ1v) is 10.9. The van der Waals surface area contributed by atoms with Crippen LogP contribution in [-0.2, 0) is 0 Å². The van der Waals surface area contributed by atoms with Gasteiger partial charge >= 0.3 is 0 Å². The molecule has 0 aromatic carbocycles. The molecule has 0 nitrogen and oxygen atoms in total. The van der Waals surface area contributed by atoms with Gasteiger partial charge in [-0.05, 0) is 52.5 Å². The van der Waals surface area contributed by atoms with E-state index in [0.717, 1.165) is 28.8 Å². The first-order valence-electron chi connectivity index (χ1n) is 9.32. The molecule has 4 atom stereocenters. The smallest absolute Gasteiger partial charge is 0.0127 e. The van der Waals surface area contributed by atoms with Gasteiger partial charge in [0.25, 0.3) is 0 Å². The van der Waals surface area contributed by atoms with Crippen molar-refractivity contribution in [1.29, 1.82) is 0 Å². The maximum absolute atomic E-state index is 2.57. The third-order valence-electron chi connectivity index (χ3n) is 6.24. The quantitative estimate of drug-likeness (QED) is 0.461. The van der Waals surface area contributed by atoms with Crippen molar-refractivity contribution in [3.8, 4) is 0 Å². The fraction of sp³-hybridized carbons (Fsp3) is 1.00. The Balaban J connectivity index is 2.39.